The minimum absolute atomic E-state index is 0.0501. The van der Waals surface area contributed by atoms with Gasteiger partial charge in [0.1, 0.15) is 5.82 Å². The molecule has 5 heteroatoms. The predicted octanol–water partition coefficient (Wildman–Crippen LogP) is 2.55. The van der Waals surface area contributed by atoms with Gasteiger partial charge in [-0.2, -0.15) is 0 Å². The fourth-order valence-corrected chi connectivity index (χ4v) is 3.57. The molecule has 0 radical (unpaired) electrons. The Morgan fingerprint density at radius 1 is 1.33 bits per heavy atom. The van der Waals surface area contributed by atoms with E-state index in [0.717, 1.165) is 24.8 Å². The lowest BCUT2D eigenvalue weighted by Crippen LogP contribution is -2.27. The summed E-state index contributed by atoms with van der Waals surface area (Å²) >= 11 is 0. The molecule has 1 aromatic rings. The molecule has 2 saturated carbocycles. The molecule has 3 rings (SSSR count). The number of nitrogens with one attached hydrogen (secondary N) is 1. The van der Waals surface area contributed by atoms with Crippen LogP contribution in [0.3, 0.4) is 0 Å². The van der Waals surface area contributed by atoms with Crippen LogP contribution in [0, 0.1) is 17.8 Å². The predicted molar refractivity (Wildman–Crippen MR) is 78.5 cm³/mol. The van der Waals surface area contributed by atoms with E-state index in [1.54, 1.807) is 18.3 Å². The van der Waals surface area contributed by atoms with Gasteiger partial charge < -0.3 is 10.4 Å². The van der Waals surface area contributed by atoms with Gasteiger partial charge in [-0.3, -0.25) is 4.79 Å². The molecule has 2 aliphatic carbocycles. The summed E-state index contributed by atoms with van der Waals surface area (Å²) < 4.78 is 0. The highest BCUT2D eigenvalue weighted by atomic mass is 16.4. The quantitative estimate of drug-likeness (QED) is 0.834. The van der Waals surface area contributed by atoms with Crippen molar-refractivity contribution in [2.24, 2.45) is 17.8 Å². The van der Waals surface area contributed by atoms with Crippen molar-refractivity contribution < 1.29 is 14.7 Å². The minimum atomic E-state index is -1.00. The van der Waals surface area contributed by atoms with Crippen molar-refractivity contribution in [3.05, 3.63) is 30.0 Å². The standard InChI is InChI=1S/C16H18N2O3/c19-15(20)4-2-10-5-6-17-14(9-10)18-16(21)13-8-11-1-3-12(13)7-11/h2,4-6,9,11-13H,1,3,7-8H2,(H,19,20)(H,17,18,21)/b4-2+. The number of amides is 1. The number of carboxylic acid groups (broad SMARTS) is 1. The van der Waals surface area contributed by atoms with Gasteiger partial charge in [0.15, 0.2) is 0 Å². The van der Waals surface area contributed by atoms with Gasteiger partial charge in [0.05, 0.1) is 0 Å². The van der Waals surface area contributed by atoms with E-state index in [2.05, 4.69) is 10.3 Å². The first-order chi connectivity index (χ1) is 10.1. The largest absolute Gasteiger partial charge is 0.478 e. The molecule has 21 heavy (non-hydrogen) atoms. The lowest BCUT2D eigenvalue weighted by molar-refractivity contribution is -0.131. The van der Waals surface area contributed by atoms with E-state index in [-0.39, 0.29) is 11.8 Å². The van der Waals surface area contributed by atoms with E-state index in [1.807, 2.05) is 0 Å². The SMILES string of the molecule is O=C(O)/C=C/c1ccnc(NC(=O)C2CC3CCC2C3)c1. The third-order valence-corrected chi connectivity index (χ3v) is 4.53. The zero-order chi connectivity index (χ0) is 14.8. The number of carbonyl (C=O) groups excluding carboxylic acids is 1. The maximum Gasteiger partial charge on any atom is 0.328 e. The number of pyridine rings is 1. The van der Waals surface area contributed by atoms with Crippen molar-refractivity contribution >= 4 is 23.8 Å². The maximum absolute atomic E-state index is 12.3. The second-order valence-electron chi connectivity index (χ2n) is 5.92. The zero-order valence-corrected chi connectivity index (χ0v) is 11.7. The van der Waals surface area contributed by atoms with E-state index >= 15 is 0 Å². The maximum atomic E-state index is 12.3. The Kier molecular flexibility index (Phi) is 3.73. The molecule has 2 N–H and O–H groups in total. The number of hydrogen-bond acceptors (Lipinski definition) is 3. The normalized spacial score (nSPS) is 27.1. The van der Waals surface area contributed by atoms with Crippen LogP contribution in [0.5, 0.6) is 0 Å². The first-order valence-electron chi connectivity index (χ1n) is 7.30. The summed E-state index contributed by atoms with van der Waals surface area (Å²) in [5.41, 5.74) is 0.704. The molecular weight excluding hydrogens is 268 g/mol. The van der Waals surface area contributed by atoms with Gasteiger partial charge in [-0.1, -0.05) is 6.42 Å². The fraction of sp³-hybridized carbons (Fsp3) is 0.438. The van der Waals surface area contributed by atoms with Gasteiger partial charge in [0.2, 0.25) is 5.91 Å². The molecule has 0 saturated heterocycles. The van der Waals surface area contributed by atoms with Crippen LogP contribution >= 0.6 is 0 Å². The second-order valence-corrected chi connectivity index (χ2v) is 5.92. The number of aromatic nitrogens is 1. The smallest absolute Gasteiger partial charge is 0.328 e. The number of rotatable bonds is 4. The highest BCUT2D eigenvalue weighted by Crippen LogP contribution is 2.48. The van der Waals surface area contributed by atoms with Crippen LogP contribution in [0.25, 0.3) is 6.08 Å². The van der Waals surface area contributed by atoms with E-state index in [1.165, 1.54) is 18.9 Å². The van der Waals surface area contributed by atoms with E-state index in [4.69, 9.17) is 5.11 Å². The Bertz CT molecular complexity index is 597. The van der Waals surface area contributed by atoms with Crippen LogP contribution in [0.15, 0.2) is 24.4 Å². The highest BCUT2D eigenvalue weighted by molar-refractivity contribution is 5.92. The molecular formula is C16H18N2O3. The Hall–Kier alpha value is -2.17. The van der Waals surface area contributed by atoms with Crippen LogP contribution in [0.4, 0.5) is 5.82 Å². The second kappa shape index (κ2) is 5.68. The van der Waals surface area contributed by atoms with Gasteiger partial charge >= 0.3 is 5.97 Å². The van der Waals surface area contributed by atoms with Crippen molar-refractivity contribution in [1.82, 2.24) is 4.98 Å². The molecule has 2 fully saturated rings. The number of carboxylic acids is 1. The lowest BCUT2D eigenvalue weighted by atomic mass is 9.88. The molecule has 3 atom stereocenters. The van der Waals surface area contributed by atoms with Crippen LogP contribution in [-0.2, 0) is 9.59 Å². The Morgan fingerprint density at radius 3 is 2.86 bits per heavy atom. The highest BCUT2D eigenvalue weighted by Gasteiger charge is 2.43. The van der Waals surface area contributed by atoms with Crippen molar-refractivity contribution in [3.63, 3.8) is 0 Å². The van der Waals surface area contributed by atoms with Crippen LogP contribution < -0.4 is 5.32 Å². The first kappa shape index (κ1) is 13.8. The summed E-state index contributed by atoms with van der Waals surface area (Å²) in [5, 5.41) is 11.5. The Morgan fingerprint density at radius 2 is 2.19 bits per heavy atom. The molecule has 0 aliphatic heterocycles. The van der Waals surface area contributed by atoms with Gasteiger partial charge in [-0.05, 0) is 54.9 Å². The summed E-state index contributed by atoms with van der Waals surface area (Å²) in [6, 6.07) is 3.39. The van der Waals surface area contributed by atoms with Gasteiger partial charge in [-0.15, -0.1) is 0 Å². The number of nitrogens with zero attached hydrogens (tertiary/aromatic N) is 1. The fourth-order valence-electron chi connectivity index (χ4n) is 3.57. The number of aliphatic carboxylic acids is 1. The van der Waals surface area contributed by atoms with E-state index in [9.17, 15) is 9.59 Å². The minimum Gasteiger partial charge on any atom is -0.478 e. The molecule has 1 heterocycles. The summed E-state index contributed by atoms with van der Waals surface area (Å²) in [4.78, 5) is 27.0. The molecule has 0 aromatic carbocycles. The third kappa shape index (κ3) is 3.12. The average Bonchev–Trinajstić information content (AvgIpc) is 3.08. The molecule has 1 amide bonds. The summed E-state index contributed by atoms with van der Waals surface area (Å²) in [6.07, 6.45) is 8.73. The molecule has 5 nitrogen and oxygen atoms in total. The molecule has 3 unspecified atom stereocenters. The number of carbonyl (C=O) groups is 2. The molecule has 0 spiro atoms. The first-order valence-corrected chi connectivity index (χ1v) is 7.30. The number of hydrogen-bond donors (Lipinski definition) is 2. The van der Waals surface area contributed by atoms with Crippen molar-refractivity contribution in [1.29, 1.82) is 0 Å². The topological polar surface area (TPSA) is 79.3 Å². The lowest BCUT2D eigenvalue weighted by Gasteiger charge is -2.20. The van der Waals surface area contributed by atoms with Gasteiger partial charge in [0.25, 0.3) is 0 Å². The monoisotopic (exact) mass is 286 g/mol. The van der Waals surface area contributed by atoms with Crippen LogP contribution in [0.1, 0.15) is 31.2 Å². The van der Waals surface area contributed by atoms with Crippen LogP contribution in [-0.4, -0.2) is 22.0 Å². The van der Waals surface area contributed by atoms with Gasteiger partial charge in [-0.25, -0.2) is 9.78 Å². The Balaban J connectivity index is 1.66. The molecule has 1 aromatic heterocycles. The Labute approximate surface area is 123 Å². The van der Waals surface area contributed by atoms with Crippen molar-refractivity contribution in [2.75, 3.05) is 5.32 Å². The summed E-state index contributed by atoms with van der Waals surface area (Å²) in [5.74, 6) is 0.904. The molecule has 2 aliphatic rings. The number of fused-ring (bicyclic) bond motifs is 2. The van der Waals surface area contributed by atoms with Gasteiger partial charge in [0, 0.05) is 18.2 Å². The third-order valence-electron chi connectivity index (χ3n) is 4.53. The van der Waals surface area contributed by atoms with Crippen LogP contribution in [0.2, 0.25) is 0 Å². The van der Waals surface area contributed by atoms with Crippen molar-refractivity contribution in [2.45, 2.75) is 25.7 Å². The zero-order valence-electron chi connectivity index (χ0n) is 11.7. The molecule has 2 bridgehead atoms. The van der Waals surface area contributed by atoms with Crippen molar-refractivity contribution in [3.8, 4) is 0 Å². The summed E-state index contributed by atoms with van der Waals surface area (Å²) in [7, 11) is 0. The summed E-state index contributed by atoms with van der Waals surface area (Å²) in [6.45, 7) is 0. The number of anilines is 1. The van der Waals surface area contributed by atoms with E-state index in [0.29, 0.717) is 17.3 Å². The average molecular weight is 286 g/mol. The van der Waals surface area contributed by atoms with E-state index < -0.39 is 5.97 Å². The molecule has 110 valence electrons.